The Hall–Kier alpha value is -0.770. The van der Waals surface area contributed by atoms with Gasteiger partial charge in [-0.3, -0.25) is 4.79 Å². The van der Waals surface area contributed by atoms with Crippen LogP contribution < -0.4 is 11.1 Å². The number of carbonyl (C=O) groups excluding carboxylic acids is 1. The van der Waals surface area contributed by atoms with Crippen molar-refractivity contribution in [1.82, 2.24) is 5.32 Å². The number of amides is 1. The second-order valence-corrected chi connectivity index (χ2v) is 6.57. The Labute approximate surface area is 143 Å². The Balaban J connectivity index is 0.00000288. The van der Waals surface area contributed by atoms with Crippen molar-refractivity contribution in [1.29, 1.82) is 0 Å². The SMILES string of the molecule is C.CC(C)C[C@H](N)C(=O)NCC1OC2OCCCOC1C(O)C2O. The van der Waals surface area contributed by atoms with E-state index in [4.69, 9.17) is 19.9 Å². The lowest BCUT2D eigenvalue weighted by Crippen LogP contribution is -2.61. The number of aliphatic hydroxyl groups excluding tert-OH is 2. The van der Waals surface area contributed by atoms with Crippen LogP contribution in [-0.2, 0) is 19.0 Å². The van der Waals surface area contributed by atoms with Gasteiger partial charge in [0.05, 0.1) is 12.6 Å². The molecule has 142 valence electrons. The van der Waals surface area contributed by atoms with Crippen LogP contribution in [0.25, 0.3) is 0 Å². The van der Waals surface area contributed by atoms with Gasteiger partial charge < -0.3 is 35.5 Å². The van der Waals surface area contributed by atoms with Crippen LogP contribution in [0.2, 0.25) is 0 Å². The summed E-state index contributed by atoms with van der Waals surface area (Å²) in [6.07, 6.45) is -3.31. The first-order valence-corrected chi connectivity index (χ1v) is 8.18. The summed E-state index contributed by atoms with van der Waals surface area (Å²) in [6, 6.07) is -0.587. The average molecular weight is 348 g/mol. The topological polar surface area (TPSA) is 123 Å². The lowest BCUT2D eigenvalue weighted by atomic mass is 9.98. The molecule has 2 bridgehead atoms. The molecule has 8 nitrogen and oxygen atoms in total. The smallest absolute Gasteiger partial charge is 0.237 e. The number of aliphatic hydroxyl groups is 2. The predicted octanol–water partition coefficient (Wildman–Crippen LogP) is -0.636. The van der Waals surface area contributed by atoms with Crippen LogP contribution in [-0.4, -0.2) is 72.6 Å². The lowest BCUT2D eigenvalue weighted by Gasteiger charge is -2.41. The standard InChI is InChI=1S/C15H28N2O6.CH4/c1-8(2)6-9(16)14(20)17-7-10-13-11(18)12(19)15(23-10)22-5-3-4-21-13;/h8-13,15,18-19H,3-7,16H2,1-2H3,(H,17,20);1H4/t9-,10?,11?,12?,13?,15?;/m0./s1. The number of hydrogen-bond donors (Lipinski definition) is 4. The highest BCUT2D eigenvalue weighted by Gasteiger charge is 2.46. The number of hydrogen-bond acceptors (Lipinski definition) is 7. The summed E-state index contributed by atoms with van der Waals surface area (Å²) < 4.78 is 16.7. The van der Waals surface area contributed by atoms with Crippen molar-refractivity contribution >= 4 is 5.91 Å². The fourth-order valence-corrected chi connectivity index (χ4v) is 2.84. The highest BCUT2D eigenvalue weighted by molar-refractivity contribution is 5.81. The summed E-state index contributed by atoms with van der Waals surface area (Å²) in [4.78, 5) is 12.0. The summed E-state index contributed by atoms with van der Waals surface area (Å²) in [5.41, 5.74) is 5.84. The molecule has 5 unspecified atom stereocenters. The Morgan fingerprint density at radius 1 is 1.25 bits per heavy atom. The molecule has 3 rings (SSSR count). The third kappa shape index (κ3) is 5.37. The van der Waals surface area contributed by atoms with Crippen molar-refractivity contribution in [3.63, 3.8) is 0 Å². The fraction of sp³-hybridized carbons (Fsp3) is 0.938. The maximum absolute atomic E-state index is 12.0. The molecule has 0 aromatic carbocycles. The normalized spacial score (nSPS) is 34.7. The van der Waals surface area contributed by atoms with E-state index < -0.39 is 36.7 Å². The molecule has 8 heteroatoms. The molecule has 1 amide bonds. The molecule has 6 atom stereocenters. The number of nitrogens with two attached hydrogens (primary N) is 1. The quantitative estimate of drug-likeness (QED) is 0.521. The van der Waals surface area contributed by atoms with E-state index in [1.165, 1.54) is 0 Å². The maximum atomic E-state index is 12.0. The maximum Gasteiger partial charge on any atom is 0.237 e. The van der Waals surface area contributed by atoms with Crippen LogP contribution in [0.3, 0.4) is 0 Å². The Bertz CT molecular complexity index is 393. The molecule has 3 heterocycles. The Morgan fingerprint density at radius 3 is 2.58 bits per heavy atom. The van der Waals surface area contributed by atoms with Gasteiger partial charge in [0, 0.05) is 13.2 Å². The van der Waals surface area contributed by atoms with E-state index in [0.29, 0.717) is 32.0 Å². The highest BCUT2D eigenvalue weighted by Crippen LogP contribution is 2.25. The summed E-state index contributed by atoms with van der Waals surface area (Å²) in [5, 5.41) is 22.9. The van der Waals surface area contributed by atoms with Crippen molar-refractivity contribution in [2.24, 2.45) is 11.7 Å². The van der Waals surface area contributed by atoms with Crippen molar-refractivity contribution in [2.75, 3.05) is 19.8 Å². The molecule has 3 aliphatic rings. The zero-order valence-corrected chi connectivity index (χ0v) is 13.7. The molecule has 5 N–H and O–H groups in total. The molecular formula is C16H32N2O6. The molecule has 0 aliphatic carbocycles. The van der Waals surface area contributed by atoms with Gasteiger partial charge >= 0.3 is 0 Å². The lowest BCUT2D eigenvalue weighted by molar-refractivity contribution is -0.292. The van der Waals surface area contributed by atoms with Crippen molar-refractivity contribution in [2.45, 2.75) is 70.9 Å². The zero-order chi connectivity index (χ0) is 17.0. The monoisotopic (exact) mass is 348 g/mol. The van der Waals surface area contributed by atoms with Crippen LogP contribution >= 0.6 is 0 Å². The molecule has 24 heavy (non-hydrogen) atoms. The molecule has 3 aliphatic heterocycles. The van der Waals surface area contributed by atoms with Gasteiger partial charge in [0.1, 0.15) is 24.4 Å². The summed E-state index contributed by atoms with van der Waals surface area (Å²) in [6.45, 7) is 4.90. The average Bonchev–Trinajstić information content (AvgIpc) is 2.63. The minimum atomic E-state index is -1.17. The van der Waals surface area contributed by atoms with Crippen molar-refractivity contribution in [3.05, 3.63) is 0 Å². The van der Waals surface area contributed by atoms with Crippen molar-refractivity contribution < 1.29 is 29.2 Å². The van der Waals surface area contributed by atoms with Crippen LogP contribution in [0.4, 0.5) is 0 Å². The van der Waals surface area contributed by atoms with E-state index in [0.717, 1.165) is 0 Å². The Kier molecular flexibility index (Phi) is 8.55. The van der Waals surface area contributed by atoms with Crippen molar-refractivity contribution in [3.8, 4) is 0 Å². The molecule has 0 saturated carbocycles. The van der Waals surface area contributed by atoms with E-state index in [1.807, 2.05) is 13.8 Å². The molecule has 0 aromatic rings. The van der Waals surface area contributed by atoms with Gasteiger partial charge in [0.2, 0.25) is 5.91 Å². The number of ether oxygens (including phenoxy) is 3. The van der Waals surface area contributed by atoms with Gasteiger partial charge in [0.15, 0.2) is 6.29 Å². The zero-order valence-electron chi connectivity index (χ0n) is 13.7. The molecular weight excluding hydrogens is 316 g/mol. The van der Waals surface area contributed by atoms with Crippen LogP contribution in [0.1, 0.15) is 34.1 Å². The fourth-order valence-electron chi connectivity index (χ4n) is 2.84. The molecule has 0 radical (unpaired) electrons. The van der Waals surface area contributed by atoms with E-state index in [1.54, 1.807) is 0 Å². The Morgan fingerprint density at radius 2 is 1.92 bits per heavy atom. The number of fused-ring (bicyclic) bond motifs is 6. The molecule has 0 aromatic heterocycles. The van der Waals surface area contributed by atoms with Crippen LogP contribution in [0, 0.1) is 5.92 Å². The van der Waals surface area contributed by atoms with E-state index >= 15 is 0 Å². The number of nitrogens with one attached hydrogen (secondary N) is 1. The summed E-state index contributed by atoms with van der Waals surface area (Å²) in [5.74, 6) is 0.0515. The predicted molar refractivity (Wildman–Crippen MR) is 88.2 cm³/mol. The van der Waals surface area contributed by atoms with E-state index in [2.05, 4.69) is 5.32 Å². The second kappa shape index (κ2) is 9.65. The van der Waals surface area contributed by atoms with Gasteiger partial charge in [-0.25, -0.2) is 0 Å². The van der Waals surface area contributed by atoms with Crippen LogP contribution in [0.15, 0.2) is 0 Å². The first-order chi connectivity index (χ1) is 10.9. The molecule has 0 spiro atoms. The second-order valence-electron chi connectivity index (χ2n) is 6.57. The van der Waals surface area contributed by atoms with Gasteiger partial charge in [-0.15, -0.1) is 0 Å². The largest absolute Gasteiger partial charge is 0.387 e. The van der Waals surface area contributed by atoms with Gasteiger partial charge in [-0.2, -0.15) is 0 Å². The third-order valence-electron chi connectivity index (χ3n) is 4.06. The van der Waals surface area contributed by atoms with Crippen LogP contribution in [0.5, 0.6) is 0 Å². The van der Waals surface area contributed by atoms with Gasteiger partial charge in [-0.05, 0) is 18.8 Å². The summed E-state index contributed by atoms with van der Waals surface area (Å²) >= 11 is 0. The first-order valence-electron chi connectivity index (χ1n) is 8.18. The summed E-state index contributed by atoms with van der Waals surface area (Å²) in [7, 11) is 0. The highest BCUT2D eigenvalue weighted by atomic mass is 16.7. The van der Waals surface area contributed by atoms with Gasteiger partial charge in [-0.1, -0.05) is 21.3 Å². The molecule has 3 fully saturated rings. The number of carbonyl (C=O) groups is 1. The van der Waals surface area contributed by atoms with Gasteiger partial charge in [0.25, 0.3) is 0 Å². The number of rotatable bonds is 5. The van der Waals surface area contributed by atoms with E-state index in [-0.39, 0.29) is 19.9 Å². The molecule has 3 saturated heterocycles. The first kappa shape index (κ1) is 21.3. The minimum Gasteiger partial charge on any atom is -0.387 e. The van der Waals surface area contributed by atoms with E-state index in [9.17, 15) is 15.0 Å². The minimum absolute atomic E-state index is 0. The third-order valence-corrected chi connectivity index (χ3v) is 4.06.